The predicted molar refractivity (Wildman–Crippen MR) is 62.3 cm³/mol. The van der Waals surface area contributed by atoms with Crippen LogP contribution in [0.2, 0.25) is 0 Å². The lowest BCUT2D eigenvalue weighted by Gasteiger charge is -1.97. The lowest BCUT2D eigenvalue weighted by Crippen LogP contribution is -2.12. The van der Waals surface area contributed by atoms with Crippen molar-refractivity contribution in [3.8, 4) is 0 Å². The molecule has 1 aromatic carbocycles. The van der Waals surface area contributed by atoms with Crippen molar-refractivity contribution in [1.29, 1.82) is 0 Å². The van der Waals surface area contributed by atoms with E-state index in [0.29, 0.717) is 16.8 Å². The van der Waals surface area contributed by atoms with E-state index in [2.05, 4.69) is 10.5 Å². The number of nitrogens with one attached hydrogen (secondary N) is 1. The molecule has 0 unspecified atom stereocenters. The average molecular weight is 231 g/mol. The Bertz CT molecular complexity index is 561. The van der Waals surface area contributed by atoms with Crippen molar-refractivity contribution in [2.24, 2.45) is 5.10 Å². The highest BCUT2D eigenvalue weighted by Gasteiger charge is 2.18. The summed E-state index contributed by atoms with van der Waals surface area (Å²) in [5.74, 6) is -0.297. The molecule has 6 heteroatoms. The summed E-state index contributed by atoms with van der Waals surface area (Å²) in [5, 5.41) is 14.4. The summed E-state index contributed by atoms with van der Waals surface area (Å²) in [6.07, 6.45) is 1.58. The number of non-ortho nitro benzene ring substituents is 1. The molecule has 1 aliphatic heterocycles. The maximum absolute atomic E-state index is 11.4. The van der Waals surface area contributed by atoms with Crippen molar-refractivity contribution in [2.75, 3.05) is 0 Å². The Morgan fingerprint density at radius 1 is 1.47 bits per heavy atom. The van der Waals surface area contributed by atoms with Gasteiger partial charge >= 0.3 is 0 Å². The van der Waals surface area contributed by atoms with Gasteiger partial charge in [0.2, 0.25) is 0 Å². The Balaban J connectivity index is 2.39. The van der Waals surface area contributed by atoms with Gasteiger partial charge in [0.25, 0.3) is 11.6 Å². The third kappa shape index (κ3) is 2.20. The molecular formula is C11H9N3O3. The molecule has 1 heterocycles. The minimum atomic E-state index is -0.475. The second-order valence-corrected chi connectivity index (χ2v) is 3.55. The summed E-state index contributed by atoms with van der Waals surface area (Å²) in [6, 6.07) is 6.08. The topological polar surface area (TPSA) is 84.6 Å². The van der Waals surface area contributed by atoms with Crippen LogP contribution in [0.5, 0.6) is 0 Å². The molecule has 0 fully saturated rings. The number of hydrazone groups is 1. The molecule has 0 radical (unpaired) electrons. The van der Waals surface area contributed by atoms with Crippen LogP contribution in [0.3, 0.4) is 0 Å². The molecule has 0 spiro atoms. The van der Waals surface area contributed by atoms with Crippen molar-refractivity contribution >= 4 is 23.4 Å². The molecule has 1 amide bonds. The van der Waals surface area contributed by atoms with E-state index < -0.39 is 4.92 Å². The molecule has 17 heavy (non-hydrogen) atoms. The van der Waals surface area contributed by atoms with Crippen molar-refractivity contribution in [2.45, 2.75) is 6.92 Å². The SMILES string of the molecule is CC1=NNC(=O)/C1=C\c1cccc([N+](=O)[O-])c1. The summed E-state index contributed by atoms with van der Waals surface area (Å²) >= 11 is 0. The van der Waals surface area contributed by atoms with Crippen LogP contribution in [0.1, 0.15) is 12.5 Å². The first-order valence-electron chi connectivity index (χ1n) is 4.89. The van der Waals surface area contributed by atoms with Gasteiger partial charge in [0, 0.05) is 12.1 Å². The van der Waals surface area contributed by atoms with Gasteiger partial charge in [0.05, 0.1) is 16.2 Å². The molecule has 2 rings (SSSR count). The van der Waals surface area contributed by atoms with E-state index in [4.69, 9.17) is 0 Å². The molecule has 0 aromatic heterocycles. The number of rotatable bonds is 2. The zero-order valence-electron chi connectivity index (χ0n) is 9.01. The van der Waals surface area contributed by atoms with Crippen molar-refractivity contribution in [3.05, 3.63) is 45.5 Å². The first-order valence-corrected chi connectivity index (χ1v) is 4.89. The van der Waals surface area contributed by atoms with Crippen LogP contribution in [0.15, 0.2) is 34.9 Å². The molecule has 0 saturated heterocycles. The fourth-order valence-corrected chi connectivity index (χ4v) is 1.48. The van der Waals surface area contributed by atoms with Crippen LogP contribution in [0.4, 0.5) is 5.69 Å². The minimum Gasteiger partial charge on any atom is -0.267 e. The number of amides is 1. The van der Waals surface area contributed by atoms with E-state index in [9.17, 15) is 14.9 Å². The van der Waals surface area contributed by atoms with E-state index in [1.165, 1.54) is 12.1 Å². The van der Waals surface area contributed by atoms with Gasteiger partial charge in [-0.3, -0.25) is 14.9 Å². The van der Waals surface area contributed by atoms with E-state index in [1.807, 2.05) is 0 Å². The van der Waals surface area contributed by atoms with E-state index in [-0.39, 0.29) is 11.6 Å². The molecular weight excluding hydrogens is 222 g/mol. The summed E-state index contributed by atoms with van der Waals surface area (Å²) in [4.78, 5) is 21.5. The largest absolute Gasteiger partial charge is 0.273 e. The van der Waals surface area contributed by atoms with Crippen LogP contribution in [-0.2, 0) is 4.79 Å². The zero-order valence-corrected chi connectivity index (χ0v) is 9.01. The van der Waals surface area contributed by atoms with Gasteiger partial charge < -0.3 is 0 Å². The number of hydrogen-bond donors (Lipinski definition) is 1. The van der Waals surface area contributed by atoms with Crippen LogP contribution < -0.4 is 5.43 Å². The standard InChI is InChI=1S/C11H9N3O3/c1-7-10(11(15)13-12-7)6-8-3-2-4-9(5-8)14(16)17/h2-6H,1H3,(H,13,15)/b10-6-. The highest BCUT2D eigenvalue weighted by Crippen LogP contribution is 2.17. The number of nitro benzene ring substituents is 1. The fraction of sp³-hybridized carbons (Fsp3) is 0.0909. The van der Waals surface area contributed by atoms with Gasteiger partial charge in [-0.05, 0) is 18.6 Å². The molecule has 86 valence electrons. The Morgan fingerprint density at radius 3 is 2.82 bits per heavy atom. The van der Waals surface area contributed by atoms with Crippen LogP contribution in [0, 0.1) is 10.1 Å². The minimum absolute atomic E-state index is 0.00709. The Hall–Kier alpha value is -2.50. The highest BCUT2D eigenvalue weighted by atomic mass is 16.6. The number of hydrogen-bond acceptors (Lipinski definition) is 4. The summed E-state index contributed by atoms with van der Waals surface area (Å²) < 4.78 is 0. The van der Waals surface area contributed by atoms with Gasteiger partial charge in [-0.15, -0.1) is 0 Å². The van der Waals surface area contributed by atoms with Crippen molar-refractivity contribution < 1.29 is 9.72 Å². The maximum atomic E-state index is 11.4. The normalized spacial score (nSPS) is 16.9. The zero-order chi connectivity index (χ0) is 12.4. The molecule has 1 aliphatic rings. The number of nitro groups is 1. The van der Waals surface area contributed by atoms with E-state index in [1.54, 1.807) is 25.1 Å². The number of carbonyl (C=O) groups is 1. The maximum Gasteiger partial charge on any atom is 0.273 e. The predicted octanol–water partition coefficient (Wildman–Crippen LogP) is 1.48. The molecule has 1 aromatic rings. The van der Waals surface area contributed by atoms with Gasteiger partial charge in [-0.2, -0.15) is 5.10 Å². The molecule has 6 nitrogen and oxygen atoms in total. The van der Waals surface area contributed by atoms with Crippen LogP contribution in [0.25, 0.3) is 6.08 Å². The van der Waals surface area contributed by atoms with Gasteiger partial charge in [0.15, 0.2) is 0 Å². The number of carbonyl (C=O) groups excluding carboxylic acids is 1. The van der Waals surface area contributed by atoms with Gasteiger partial charge in [-0.25, -0.2) is 5.43 Å². The highest BCUT2D eigenvalue weighted by molar-refractivity contribution is 6.26. The third-order valence-electron chi connectivity index (χ3n) is 2.35. The summed E-state index contributed by atoms with van der Waals surface area (Å²) in [5.41, 5.74) is 3.91. The molecule has 0 aliphatic carbocycles. The Kier molecular flexibility index (Phi) is 2.70. The summed E-state index contributed by atoms with van der Waals surface area (Å²) in [7, 11) is 0. The van der Waals surface area contributed by atoms with Crippen LogP contribution >= 0.6 is 0 Å². The van der Waals surface area contributed by atoms with E-state index >= 15 is 0 Å². The number of benzene rings is 1. The lowest BCUT2D eigenvalue weighted by molar-refractivity contribution is -0.384. The molecule has 0 bridgehead atoms. The monoisotopic (exact) mass is 231 g/mol. The third-order valence-corrected chi connectivity index (χ3v) is 2.35. The van der Waals surface area contributed by atoms with Crippen molar-refractivity contribution in [3.63, 3.8) is 0 Å². The lowest BCUT2D eigenvalue weighted by atomic mass is 10.1. The quantitative estimate of drug-likeness (QED) is 0.475. The smallest absolute Gasteiger partial charge is 0.267 e. The fourth-order valence-electron chi connectivity index (χ4n) is 1.48. The molecule has 0 saturated carbocycles. The molecule has 0 atom stereocenters. The van der Waals surface area contributed by atoms with Crippen molar-refractivity contribution in [1.82, 2.24) is 5.43 Å². The second kappa shape index (κ2) is 4.17. The first-order chi connectivity index (χ1) is 8.08. The number of nitrogens with zero attached hydrogens (tertiary/aromatic N) is 2. The second-order valence-electron chi connectivity index (χ2n) is 3.55. The van der Waals surface area contributed by atoms with Gasteiger partial charge in [-0.1, -0.05) is 12.1 Å². The average Bonchev–Trinajstić information content (AvgIpc) is 2.61. The van der Waals surface area contributed by atoms with Gasteiger partial charge in [0.1, 0.15) is 0 Å². The van der Waals surface area contributed by atoms with E-state index in [0.717, 1.165) is 0 Å². The Morgan fingerprint density at radius 2 is 2.24 bits per heavy atom. The summed E-state index contributed by atoms with van der Waals surface area (Å²) in [6.45, 7) is 1.70. The van der Waals surface area contributed by atoms with Crippen LogP contribution in [-0.4, -0.2) is 16.5 Å². The molecule has 1 N–H and O–H groups in total. The Labute approximate surface area is 96.8 Å². The first kappa shape index (κ1) is 11.0.